The van der Waals surface area contributed by atoms with E-state index in [1.165, 1.54) is 22.8 Å². The smallest absolute Gasteiger partial charge is 0.140 e. The Morgan fingerprint density at radius 1 is 1.11 bits per heavy atom. The second-order valence-electron chi connectivity index (χ2n) is 5.63. The molecule has 2 unspecified atom stereocenters. The van der Waals surface area contributed by atoms with Crippen molar-refractivity contribution in [3.05, 3.63) is 48.0 Å². The fraction of sp³-hybridized carbons (Fsp3) is 0.389. The Bertz CT molecular complexity index is 592. The van der Waals surface area contributed by atoms with Gasteiger partial charge in [-0.3, -0.25) is 4.79 Å². The molecule has 0 spiro atoms. The minimum Gasteiger partial charge on any atom is -0.299 e. The van der Waals surface area contributed by atoms with Crippen LogP contribution >= 0.6 is 0 Å². The van der Waals surface area contributed by atoms with Crippen molar-refractivity contribution < 1.29 is 4.79 Å². The summed E-state index contributed by atoms with van der Waals surface area (Å²) in [6.07, 6.45) is 4.08. The quantitative estimate of drug-likeness (QED) is 0.788. The van der Waals surface area contributed by atoms with E-state index in [1.807, 2.05) is 6.07 Å². The van der Waals surface area contributed by atoms with Gasteiger partial charge in [0.25, 0.3) is 0 Å². The molecule has 2 atom stereocenters. The van der Waals surface area contributed by atoms with Crippen LogP contribution in [0, 0.1) is 11.8 Å². The van der Waals surface area contributed by atoms with Crippen molar-refractivity contribution in [3.8, 4) is 0 Å². The Labute approximate surface area is 114 Å². The summed E-state index contributed by atoms with van der Waals surface area (Å²) in [6.45, 7) is 2.20. The van der Waals surface area contributed by atoms with Crippen molar-refractivity contribution in [2.45, 2.75) is 32.6 Å². The molecule has 19 heavy (non-hydrogen) atoms. The predicted molar refractivity (Wildman–Crippen MR) is 79.2 cm³/mol. The SMILES string of the molecule is CCC1CCC1C(=O)Cc1cccc2ccccc12. The first-order valence-electron chi connectivity index (χ1n) is 7.29. The largest absolute Gasteiger partial charge is 0.299 e. The van der Waals surface area contributed by atoms with Gasteiger partial charge in [-0.2, -0.15) is 0 Å². The molecule has 1 aliphatic carbocycles. The highest BCUT2D eigenvalue weighted by Crippen LogP contribution is 2.38. The van der Waals surface area contributed by atoms with Gasteiger partial charge < -0.3 is 0 Å². The van der Waals surface area contributed by atoms with Crippen LogP contribution < -0.4 is 0 Å². The molecule has 0 aromatic heterocycles. The van der Waals surface area contributed by atoms with Crippen LogP contribution in [0.3, 0.4) is 0 Å². The van der Waals surface area contributed by atoms with Crippen molar-refractivity contribution in [3.63, 3.8) is 0 Å². The summed E-state index contributed by atoms with van der Waals surface area (Å²) in [4.78, 5) is 12.4. The van der Waals surface area contributed by atoms with Gasteiger partial charge in [-0.1, -0.05) is 55.8 Å². The number of benzene rings is 2. The Balaban J connectivity index is 1.83. The third kappa shape index (κ3) is 2.30. The molecular weight excluding hydrogens is 232 g/mol. The van der Waals surface area contributed by atoms with Crippen LogP contribution in [-0.4, -0.2) is 5.78 Å². The maximum Gasteiger partial charge on any atom is 0.140 e. The first kappa shape index (κ1) is 12.4. The zero-order valence-electron chi connectivity index (χ0n) is 11.4. The molecule has 0 bridgehead atoms. The number of carbonyl (C=O) groups is 1. The van der Waals surface area contributed by atoms with Crippen LogP contribution in [0.2, 0.25) is 0 Å². The molecule has 3 rings (SSSR count). The lowest BCUT2D eigenvalue weighted by Crippen LogP contribution is -2.33. The molecule has 0 amide bonds. The number of hydrogen-bond donors (Lipinski definition) is 0. The Morgan fingerprint density at radius 3 is 2.63 bits per heavy atom. The van der Waals surface area contributed by atoms with Crippen molar-refractivity contribution in [2.75, 3.05) is 0 Å². The summed E-state index contributed by atoms with van der Waals surface area (Å²) in [5.41, 5.74) is 1.19. The van der Waals surface area contributed by atoms with E-state index in [9.17, 15) is 4.79 Å². The highest BCUT2D eigenvalue weighted by atomic mass is 16.1. The molecule has 2 aromatic carbocycles. The molecule has 1 aliphatic rings. The van der Waals surface area contributed by atoms with Crippen LogP contribution in [0.25, 0.3) is 10.8 Å². The van der Waals surface area contributed by atoms with Crippen molar-refractivity contribution >= 4 is 16.6 Å². The minimum atomic E-state index is 0.323. The lowest BCUT2D eigenvalue weighted by Gasteiger charge is -2.34. The van der Waals surface area contributed by atoms with Gasteiger partial charge in [0.1, 0.15) is 5.78 Å². The second kappa shape index (κ2) is 5.16. The maximum absolute atomic E-state index is 12.4. The molecule has 98 valence electrons. The van der Waals surface area contributed by atoms with Gasteiger partial charge in [0, 0.05) is 12.3 Å². The van der Waals surface area contributed by atoms with Crippen LogP contribution in [0.5, 0.6) is 0 Å². The third-order valence-corrected chi connectivity index (χ3v) is 4.60. The molecule has 2 aromatic rings. The zero-order chi connectivity index (χ0) is 13.2. The molecular formula is C18H20O. The van der Waals surface area contributed by atoms with Crippen molar-refractivity contribution in [2.24, 2.45) is 11.8 Å². The standard InChI is InChI=1S/C18H20O/c1-2-13-10-11-17(13)18(19)12-15-8-5-7-14-6-3-4-9-16(14)15/h3-9,13,17H,2,10-12H2,1H3. The molecule has 0 saturated heterocycles. The second-order valence-corrected chi connectivity index (χ2v) is 5.63. The van der Waals surface area contributed by atoms with E-state index in [-0.39, 0.29) is 0 Å². The number of carbonyl (C=O) groups excluding carboxylic acids is 1. The highest BCUT2D eigenvalue weighted by Gasteiger charge is 2.34. The van der Waals surface area contributed by atoms with Crippen molar-refractivity contribution in [1.82, 2.24) is 0 Å². The van der Waals surface area contributed by atoms with Crippen LogP contribution in [0.15, 0.2) is 42.5 Å². The monoisotopic (exact) mass is 252 g/mol. The lowest BCUT2D eigenvalue weighted by molar-refractivity contribution is -0.127. The van der Waals surface area contributed by atoms with E-state index < -0.39 is 0 Å². The molecule has 0 aliphatic heterocycles. The van der Waals surface area contributed by atoms with E-state index >= 15 is 0 Å². The highest BCUT2D eigenvalue weighted by molar-refractivity contribution is 5.92. The normalized spacial score (nSPS) is 22.2. The average Bonchev–Trinajstić information content (AvgIpc) is 2.38. The van der Waals surface area contributed by atoms with Gasteiger partial charge >= 0.3 is 0 Å². The van der Waals surface area contributed by atoms with Crippen molar-refractivity contribution in [1.29, 1.82) is 0 Å². The molecule has 1 saturated carbocycles. The van der Waals surface area contributed by atoms with E-state index in [0.29, 0.717) is 24.0 Å². The van der Waals surface area contributed by atoms with Gasteiger partial charge in [-0.25, -0.2) is 0 Å². The van der Waals surface area contributed by atoms with Crippen LogP contribution in [-0.2, 0) is 11.2 Å². The van der Waals surface area contributed by atoms with Gasteiger partial charge in [0.05, 0.1) is 0 Å². The molecule has 1 fully saturated rings. The van der Waals surface area contributed by atoms with Crippen LogP contribution in [0.1, 0.15) is 31.7 Å². The average molecular weight is 252 g/mol. The van der Waals surface area contributed by atoms with Gasteiger partial charge in [0.15, 0.2) is 0 Å². The summed E-state index contributed by atoms with van der Waals surface area (Å²) in [6, 6.07) is 14.6. The molecule has 1 heteroatoms. The fourth-order valence-electron chi connectivity index (χ4n) is 3.25. The Kier molecular flexibility index (Phi) is 3.37. The summed E-state index contributed by atoms with van der Waals surface area (Å²) in [5, 5.41) is 2.46. The predicted octanol–water partition coefficient (Wildman–Crippen LogP) is 4.39. The number of hydrogen-bond acceptors (Lipinski definition) is 1. The van der Waals surface area contributed by atoms with E-state index in [2.05, 4.69) is 43.3 Å². The van der Waals surface area contributed by atoms with Gasteiger partial charge in [-0.15, -0.1) is 0 Å². The summed E-state index contributed by atoms with van der Waals surface area (Å²) in [7, 11) is 0. The first-order valence-corrected chi connectivity index (χ1v) is 7.29. The Hall–Kier alpha value is -1.63. The van der Waals surface area contributed by atoms with E-state index in [4.69, 9.17) is 0 Å². The summed E-state index contributed by atoms with van der Waals surface area (Å²) in [5.74, 6) is 1.40. The molecule has 0 N–H and O–H groups in total. The molecule has 0 heterocycles. The van der Waals surface area contributed by atoms with Crippen LogP contribution in [0.4, 0.5) is 0 Å². The minimum absolute atomic E-state index is 0.323. The van der Waals surface area contributed by atoms with Gasteiger partial charge in [-0.05, 0) is 35.1 Å². The summed E-state index contributed by atoms with van der Waals surface area (Å²) >= 11 is 0. The maximum atomic E-state index is 12.4. The van der Waals surface area contributed by atoms with Gasteiger partial charge in [0.2, 0.25) is 0 Å². The molecule has 0 radical (unpaired) electrons. The number of fused-ring (bicyclic) bond motifs is 1. The summed E-state index contributed by atoms with van der Waals surface area (Å²) < 4.78 is 0. The lowest BCUT2D eigenvalue weighted by atomic mass is 9.69. The topological polar surface area (TPSA) is 17.1 Å². The zero-order valence-corrected chi connectivity index (χ0v) is 11.4. The number of Topliss-reactive ketones (excluding diaryl/α,β-unsaturated/α-hetero) is 1. The van der Waals surface area contributed by atoms with E-state index in [1.54, 1.807) is 0 Å². The number of rotatable bonds is 4. The number of ketones is 1. The third-order valence-electron chi connectivity index (χ3n) is 4.60. The Morgan fingerprint density at radius 2 is 1.89 bits per heavy atom. The first-order chi connectivity index (χ1) is 9.29. The van der Waals surface area contributed by atoms with E-state index in [0.717, 1.165) is 12.8 Å². The fourth-order valence-corrected chi connectivity index (χ4v) is 3.25. The molecule has 1 nitrogen and oxygen atoms in total.